The van der Waals surface area contributed by atoms with Gasteiger partial charge < -0.3 is 0 Å². The lowest BCUT2D eigenvalue weighted by molar-refractivity contribution is 0.626. The molecule has 0 bridgehead atoms. The molecule has 0 radical (unpaired) electrons. The third-order valence-electron chi connectivity index (χ3n) is 3.96. The molecule has 4 aromatic rings. The molecule has 122 valence electrons. The van der Waals surface area contributed by atoms with E-state index in [1.54, 1.807) is 30.5 Å². The third-order valence-corrected chi connectivity index (χ3v) is 3.96. The SMILES string of the molecule is O=c1c(Cc2ccccc2)nc2cccnc2n1-c1cccc(F)c1. The van der Waals surface area contributed by atoms with Crippen LogP contribution >= 0.6 is 0 Å². The number of pyridine rings is 1. The fraction of sp³-hybridized carbons (Fsp3) is 0.0500. The van der Waals surface area contributed by atoms with Crippen LogP contribution in [-0.4, -0.2) is 14.5 Å². The lowest BCUT2D eigenvalue weighted by atomic mass is 10.1. The first-order valence-electron chi connectivity index (χ1n) is 7.89. The summed E-state index contributed by atoms with van der Waals surface area (Å²) in [4.78, 5) is 21.8. The van der Waals surface area contributed by atoms with Crippen molar-refractivity contribution in [2.24, 2.45) is 0 Å². The molecule has 0 atom stereocenters. The zero-order valence-electron chi connectivity index (χ0n) is 13.3. The van der Waals surface area contributed by atoms with Gasteiger partial charge in [-0.05, 0) is 35.9 Å². The average Bonchev–Trinajstić information content (AvgIpc) is 2.63. The molecule has 0 unspecified atom stereocenters. The zero-order chi connectivity index (χ0) is 17.2. The maximum absolute atomic E-state index is 13.7. The summed E-state index contributed by atoms with van der Waals surface area (Å²) in [6, 6.07) is 19.1. The molecule has 4 rings (SSSR count). The Kier molecular flexibility index (Phi) is 3.82. The van der Waals surface area contributed by atoms with Crippen molar-refractivity contribution in [3.63, 3.8) is 0 Å². The minimum atomic E-state index is -0.407. The quantitative estimate of drug-likeness (QED) is 0.577. The van der Waals surface area contributed by atoms with E-state index >= 15 is 0 Å². The monoisotopic (exact) mass is 331 g/mol. The van der Waals surface area contributed by atoms with Crippen LogP contribution in [0.25, 0.3) is 16.9 Å². The number of hydrogen-bond acceptors (Lipinski definition) is 3. The molecule has 0 aliphatic heterocycles. The number of benzene rings is 2. The van der Waals surface area contributed by atoms with Gasteiger partial charge in [0.2, 0.25) is 0 Å². The molecule has 0 fully saturated rings. The molecule has 0 saturated carbocycles. The smallest absolute Gasteiger partial charge is 0.267 e. The largest absolute Gasteiger partial charge is 0.278 e. The highest BCUT2D eigenvalue weighted by molar-refractivity contribution is 5.72. The Morgan fingerprint density at radius 1 is 0.960 bits per heavy atom. The van der Waals surface area contributed by atoms with Crippen LogP contribution in [0.15, 0.2) is 77.7 Å². The fourth-order valence-electron chi connectivity index (χ4n) is 2.83. The second-order valence-corrected chi connectivity index (χ2v) is 5.69. The van der Waals surface area contributed by atoms with E-state index in [0.29, 0.717) is 29.0 Å². The summed E-state index contributed by atoms with van der Waals surface area (Å²) in [6.45, 7) is 0. The highest BCUT2D eigenvalue weighted by Crippen LogP contribution is 2.15. The molecular formula is C20H14FN3O. The van der Waals surface area contributed by atoms with Gasteiger partial charge in [0.25, 0.3) is 5.56 Å². The zero-order valence-corrected chi connectivity index (χ0v) is 13.3. The predicted molar refractivity (Wildman–Crippen MR) is 94.3 cm³/mol. The number of fused-ring (bicyclic) bond motifs is 1. The van der Waals surface area contributed by atoms with Crippen LogP contribution in [0.2, 0.25) is 0 Å². The maximum atomic E-state index is 13.7. The average molecular weight is 331 g/mol. The molecule has 4 nitrogen and oxygen atoms in total. The van der Waals surface area contributed by atoms with E-state index in [1.807, 2.05) is 30.3 Å². The first-order chi connectivity index (χ1) is 12.2. The van der Waals surface area contributed by atoms with Crippen molar-refractivity contribution in [2.75, 3.05) is 0 Å². The van der Waals surface area contributed by atoms with Gasteiger partial charge in [0.15, 0.2) is 5.65 Å². The number of hydrogen-bond donors (Lipinski definition) is 0. The van der Waals surface area contributed by atoms with E-state index in [4.69, 9.17) is 0 Å². The highest BCUT2D eigenvalue weighted by atomic mass is 19.1. The van der Waals surface area contributed by atoms with Crippen molar-refractivity contribution in [3.8, 4) is 5.69 Å². The summed E-state index contributed by atoms with van der Waals surface area (Å²) >= 11 is 0. The Bertz CT molecular complexity index is 1110. The normalized spacial score (nSPS) is 10.9. The van der Waals surface area contributed by atoms with E-state index in [2.05, 4.69) is 9.97 Å². The molecule has 2 aromatic carbocycles. The van der Waals surface area contributed by atoms with Gasteiger partial charge in [-0.1, -0.05) is 36.4 Å². The minimum absolute atomic E-state index is 0.291. The molecule has 2 heterocycles. The Morgan fingerprint density at radius 3 is 2.60 bits per heavy atom. The van der Waals surface area contributed by atoms with Crippen molar-refractivity contribution < 1.29 is 4.39 Å². The first-order valence-corrected chi connectivity index (χ1v) is 7.89. The summed E-state index contributed by atoms with van der Waals surface area (Å²) in [5.74, 6) is -0.407. The molecule has 0 amide bonds. The van der Waals surface area contributed by atoms with Crippen LogP contribution in [0.5, 0.6) is 0 Å². The number of halogens is 1. The van der Waals surface area contributed by atoms with E-state index < -0.39 is 5.82 Å². The summed E-state index contributed by atoms with van der Waals surface area (Å²) in [7, 11) is 0. The lowest BCUT2D eigenvalue weighted by Gasteiger charge is -2.11. The maximum Gasteiger partial charge on any atom is 0.278 e. The molecule has 0 saturated heterocycles. The number of rotatable bonds is 3. The van der Waals surface area contributed by atoms with Crippen molar-refractivity contribution >= 4 is 11.2 Å². The Morgan fingerprint density at radius 2 is 1.80 bits per heavy atom. The molecule has 0 N–H and O–H groups in total. The molecule has 0 aliphatic rings. The van der Waals surface area contributed by atoms with E-state index in [1.165, 1.54) is 16.7 Å². The molecule has 5 heteroatoms. The van der Waals surface area contributed by atoms with Gasteiger partial charge in [-0.2, -0.15) is 0 Å². The van der Waals surface area contributed by atoms with Crippen LogP contribution in [-0.2, 0) is 6.42 Å². The molecule has 0 spiro atoms. The number of aromatic nitrogens is 3. The summed E-state index contributed by atoms with van der Waals surface area (Å²) < 4.78 is 15.1. The van der Waals surface area contributed by atoms with Gasteiger partial charge in [0.1, 0.15) is 17.0 Å². The summed E-state index contributed by atoms with van der Waals surface area (Å²) in [5.41, 5.74) is 2.54. The van der Waals surface area contributed by atoms with Gasteiger partial charge in [-0.25, -0.2) is 14.4 Å². The van der Waals surface area contributed by atoms with Crippen LogP contribution in [0, 0.1) is 5.82 Å². The van der Waals surface area contributed by atoms with Gasteiger partial charge in [0, 0.05) is 12.6 Å². The van der Waals surface area contributed by atoms with E-state index in [9.17, 15) is 9.18 Å². The molecule has 25 heavy (non-hydrogen) atoms. The molecule has 2 aromatic heterocycles. The third kappa shape index (κ3) is 2.92. The summed E-state index contributed by atoms with van der Waals surface area (Å²) in [5, 5.41) is 0. The van der Waals surface area contributed by atoms with Gasteiger partial charge >= 0.3 is 0 Å². The Hall–Kier alpha value is -3.34. The Balaban J connectivity index is 1.97. The summed E-state index contributed by atoms with van der Waals surface area (Å²) in [6.07, 6.45) is 2.00. The first kappa shape index (κ1) is 15.2. The van der Waals surface area contributed by atoms with E-state index in [-0.39, 0.29) is 5.56 Å². The van der Waals surface area contributed by atoms with Crippen LogP contribution < -0.4 is 5.56 Å². The second-order valence-electron chi connectivity index (χ2n) is 5.69. The fourth-order valence-corrected chi connectivity index (χ4v) is 2.83. The van der Waals surface area contributed by atoms with Gasteiger partial charge in [-0.15, -0.1) is 0 Å². The van der Waals surface area contributed by atoms with Gasteiger partial charge in [0.05, 0.1) is 5.69 Å². The molecule has 0 aliphatic carbocycles. The van der Waals surface area contributed by atoms with E-state index in [0.717, 1.165) is 5.56 Å². The van der Waals surface area contributed by atoms with Crippen molar-refractivity contribution in [1.82, 2.24) is 14.5 Å². The van der Waals surface area contributed by atoms with Gasteiger partial charge in [-0.3, -0.25) is 9.36 Å². The minimum Gasteiger partial charge on any atom is -0.267 e. The van der Waals surface area contributed by atoms with Crippen molar-refractivity contribution in [2.45, 2.75) is 6.42 Å². The lowest BCUT2D eigenvalue weighted by Crippen LogP contribution is -2.25. The number of nitrogens with zero attached hydrogens (tertiary/aromatic N) is 3. The highest BCUT2D eigenvalue weighted by Gasteiger charge is 2.14. The van der Waals surface area contributed by atoms with Crippen molar-refractivity contribution in [1.29, 1.82) is 0 Å². The topological polar surface area (TPSA) is 47.8 Å². The standard InChI is InChI=1S/C20H14FN3O/c21-15-8-4-9-16(13-15)24-19-17(10-5-11-22-19)23-18(20(24)25)12-14-6-2-1-3-7-14/h1-11,13H,12H2. The van der Waals surface area contributed by atoms with Crippen molar-refractivity contribution in [3.05, 3.63) is 100 Å². The Labute approximate surface area is 143 Å². The predicted octanol–water partition coefficient (Wildman–Crippen LogP) is 3.51. The van der Waals surface area contributed by atoms with Crippen LogP contribution in [0.1, 0.15) is 11.3 Å². The van der Waals surface area contributed by atoms with Crippen LogP contribution in [0.4, 0.5) is 4.39 Å². The molecular weight excluding hydrogens is 317 g/mol. The second kappa shape index (κ2) is 6.28. The van der Waals surface area contributed by atoms with Crippen LogP contribution in [0.3, 0.4) is 0 Å².